The summed E-state index contributed by atoms with van der Waals surface area (Å²) in [7, 11) is 0. The number of ketones is 1. The van der Waals surface area contributed by atoms with Crippen LogP contribution in [0.3, 0.4) is 0 Å². The van der Waals surface area contributed by atoms with Gasteiger partial charge < -0.3 is 14.9 Å². The van der Waals surface area contributed by atoms with Crippen LogP contribution in [0, 0.1) is 5.92 Å². The van der Waals surface area contributed by atoms with E-state index in [4.69, 9.17) is 14.9 Å². The van der Waals surface area contributed by atoms with E-state index >= 15 is 0 Å². The molecule has 6 nitrogen and oxygen atoms in total. The van der Waals surface area contributed by atoms with Crippen LogP contribution in [-0.4, -0.2) is 40.6 Å². The van der Waals surface area contributed by atoms with E-state index in [1.807, 2.05) is 0 Å². The van der Waals surface area contributed by atoms with Crippen LogP contribution in [0.1, 0.15) is 44.9 Å². The van der Waals surface area contributed by atoms with Crippen molar-refractivity contribution in [2.45, 2.75) is 51.0 Å². The van der Waals surface area contributed by atoms with Crippen molar-refractivity contribution in [3.8, 4) is 0 Å². The monoisotopic (exact) mass is 272 g/mol. The van der Waals surface area contributed by atoms with Gasteiger partial charge in [0.2, 0.25) is 0 Å². The molecule has 1 unspecified atom stereocenters. The maximum atomic E-state index is 11.7. The van der Waals surface area contributed by atoms with Crippen molar-refractivity contribution >= 4 is 17.7 Å². The molecule has 6 heteroatoms. The summed E-state index contributed by atoms with van der Waals surface area (Å²) < 4.78 is 5.42. The summed E-state index contributed by atoms with van der Waals surface area (Å²) in [5.74, 6) is -4.20. The van der Waals surface area contributed by atoms with Gasteiger partial charge in [-0.3, -0.25) is 14.4 Å². The first-order valence-electron chi connectivity index (χ1n) is 6.59. The first-order chi connectivity index (χ1) is 9.00. The normalized spacial score (nSPS) is 17.9. The van der Waals surface area contributed by atoms with E-state index in [1.165, 1.54) is 6.42 Å². The van der Waals surface area contributed by atoms with Crippen molar-refractivity contribution in [2.75, 3.05) is 6.61 Å². The first-order valence-corrected chi connectivity index (χ1v) is 6.59. The number of ether oxygens (including phenoxy) is 1. The fourth-order valence-electron chi connectivity index (χ4n) is 2.22. The van der Waals surface area contributed by atoms with E-state index in [2.05, 4.69) is 0 Å². The zero-order valence-electron chi connectivity index (χ0n) is 10.8. The lowest BCUT2D eigenvalue weighted by molar-refractivity contribution is -0.149. The van der Waals surface area contributed by atoms with E-state index < -0.39 is 23.6 Å². The number of hydrogen-bond donors (Lipinski definition) is 2. The third-order valence-electron chi connectivity index (χ3n) is 3.35. The lowest BCUT2D eigenvalue weighted by atomic mass is 9.97. The van der Waals surface area contributed by atoms with Crippen LogP contribution in [0.25, 0.3) is 0 Å². The molecule has 1 fully saturated rings. The smallest absolute Gasteiger partial charge is 0.314 e. The second kappa shape index (κ2) is 7.89. The highest BCUT2D eigenvalue weighted by atomic mass is 16.5. The van der Waals surface area contributed by atoms with Crippen LogP contribution in [0.15, 0.2) is 0 Å². The van der Waals surface area contributed by atoms with Crippen molar-refractivity contribution in [2.24, 2.45) is 5.92 Å². The largest absolute Gasteiger partial charge is 0.481 e. The quantitative estimate of drug-likeness (QED) is 0.649. The minimum Gasteiger partial charge on any atom is -0.481 e. The van der Waals surface area contributed by atoms with E-state index in [-0.39, 0.29) is 25.6 Å². The molecule has 19 heavy (non-hydrogen) atoms. The fraction of sp³-hybridized carbons (Fsp3) is 0.769. The number of Topliss-reactive ketones (excluding diaryl/α,β-unsaturated/α-hetero) is 1. The van der Waals surface area contributed by atoms with Crippen LogP contribution in [0.4, 0.5) is 0 Å². The minimum absolute atomic E-state index is 0.0339. The molecule has 0 aromatic heterocycles. The highest BCUT2D eigenvalue weighted by Gasteiger charge is 2.27. The number of carbonyl (C=O) groups is 3. The Kier molecular flexibility index (Phi) is 6.49. The molecule has 0 saturated heterocycles. The Bertz CT molecular complexity index is 332. The van der Waals surface area contributed by atoms with Gasteiger partial charge in [-0.25, -0.2) is 0 Å². The Balaban J connectivity index is 2.38. The number of aliphatic carboxylic acids is 2. The summed E-state index contributed by atoms with van der Waals surface area (Å²) >= 11 is 0. The van der Waals surface area contributed by atoms with Crippen LogP contribution in [0.2, 0.25) is 0 Å². The molecule has 1 rings (SSSR count). The molecule has 2 N–H and O–H groups in total. The molecular weight excluding hydrogens is 252 g/mol. The Labute approximate surface area is 111 Å². The maximum absolute atomic E-state index is 11.7. The second-order valence-electron chi connectivity index (χ2n) is 4.86. The van der Waals surface area contributed by atoms with E-state index in [0.29, 0.717) is 0 Å². The van der Waals surface area contributed by atoms with Gasteiger partial charge in [-0.2, -0.15) is 0 Å². The fourth-order valence-corrected chi connectivity index (χ4v) is 2.22. The second-order valence-corrected chi connectivity index (χ2v) is 4.86. The van der Waals surface area contributed by atoms with Crippen LogP contribution >= 0.6 is 0 Å². The zero-order valence-corrected chi connectivity index (χ0v) is 10.8. The molecular formula is C13H20O6. The Morgan fingerprint density at radius 2 is 1.74 bits per heavy atom. The van der Waals surface area contributed by atoms with Gasteiger partial charge in [0.15, 0.2) is 5.78 Å². The average Bonchev–Trinajstić information content (AvgIpc) is 2.37. The third kappa shape index (κ3) is 5.83. The Morgan fingerprint density at radius 1 is 1.11 bits per heavy atom. The van der Waals surface area contributed by atoms with Gasteiger partial charge >= 0.3 is 11.9 Å². The van der Waals surface area contributed by atoms with Crippen molar-refractivity contribution in [3.63, 3.8) is 0 Å². The average molecular weight is 272 g/mol. The molecule has 0 amide bonds. The van der Waals surface area contributed by atoms with Gasteiger partial charge in [0.05, 0.1) is 6.10 Å². The summed E-state index contributed by atoms with van der Waals surface area (Å²) in [5, 5.41) is 17.4. The number of carbonyl (C=O) groups excluding carboxylic acids is 1. The topological polar surface area (TPSA) is 101 Å². The lowest BCUT2D eigenvalue weighted by Gasteiger charge is -2.22. The molecule has 0 aliphatic heterocycles. The van der Waals surface area contributed by atoms with E-state index in [9.17, 15) is 14.4 Å². The Morgan fingerprint density at radius 3 is 2.26 bits per heavy atom. The first kappa shape index (κ1) is 15.6. The highest BCUT2D eigenvalue weighted by molar-refractivity contribution is 5.99. The molecule has 1 saturated carbocycles. The van der Waals surface area contributed by atoms with Crippen LogP contribution in [-0.2, 0) is 19.1 Å². The standard InChI is InChI=1S/C13H20O6/c14-11(8-19-9-4-2-1-3-5-9)10(13(17)18)6-7-12(15)16/h9-10H,1-8H2,(H,15,16)(H,17,18). The lowest BCUT2D eigenvalue weighted by Crippen LogP contribution is -2.30. The SMILES string of the molecule is O=C(O)CCC(C(=O)O)C(=O)COC1CCCCC1. The van der Waals surface area contributed by atoms with Crippen LogP contribution in [0.5, 0.6) is 0 Å². The number of carboxylic acids is 2. The predicted molar refractivity (Wildman–Crippen MR) is 65.8 cm³/mol. The molecule has 0 spiro atoms. The van der Waals surface area contributed by atoms with Crippen LogP contribution < -0.4 is 0 Å². The van der Waals surface area contributed by atoms with Gasteiger partial charge in [0.25, 0.3) is 0 Å². The number of hydrogen-bond acceptors (Lipinski definition) is 4. The molecule has 0 bridgehead atoms. The van der Waals surface area contributed by atoms with Gasteiger partial charge in [0.1, 0.15) is 12.5 Å². The van der Waals surface area contributed by atoms with Gasteiger partial charge in [-0.05, 0) is 19.3 Å². The molecule has 1 aliphatic rings. The van der Waals surface area contributed by atoms with Crippen molar-refractivity contribution < 1.29 is 29.3 Å². The summed E-state index contributed by atoms with van der Waals surface area (Å²) in [4.78, 5) is 33.1. The van der Waals surface area contributed by atoms with Crippen molar-refractivity contribution in [1.29, 1.82) is 0 Å². The molecule has 0 heterocycles. The molecule has 1 atom stereocenters. The molecule has 1 aliphatic carbocycles. The predicted octanol–water partition coefficient (Wildman–Crippen LogP) is 1.47. The summed E-state index contributed by atoms with van der Waals surface area (Å²) in [6, 6.07) is 0. The van der Waals surface area contributed by atoms with Gasteiger partial charge in [-0.1, -0.05) is 19.3 Å². The van der Waals surface area contributed by atoms with Crippen molar-refractivity contribution in [1.82, 2.24) is 0 Å². The van der Waals surface area contributed by atoms with Crippen molar-refractivity contribution in [3.05, 3.63) is 0 Å². The summed E-state index contributed by atoms with van der Waals surface area (Å²) in [6.45, 7) is -0.235. The molecule has 0 aromatic rings. The summed E-state index contributed by atoms with van der Waals surface area (Å²) in [5.41, 5.74) is 0. The Hall–Kier alpha value is -1.43. The molecule has 108 valence electrons. The molecule has 0 aromatic carbocycles. The summed E-state index contributed by atoms with van der Waals surface area (Å²) in [6.07, 6.45) is 4.64. The van der Waals surface area contributed by atoms with Gasteiger partial charge in [-0.15, -0.1) is 0 Å². The maximum Gasteiger partial charge on any atom is 0.314 e. The van der Waals surface area contributed by atoms with Gasteiger partial charge in [0, 0.05) is 6.42 Å². The minimum atomic E-state index is -1.28. The third-order valence-corrected chi connectivity index (χ3v) is 3.35. The number of carboxylic acid groups (broad SMARTS) is 2. The zero-order chi connectivity index (χ0) is 14.3. The van der Waals surface area contributed by atoms with E-state index in [1.54, 1.807) is 0 Å². The van der Waals surface area contributed by atoms with E-state index in [0.717, 1.165) is 25.7 Å². The molecule has 0 radical (unpaired) electrons. The number of rotatable bonds is 8. The highest BCUT2D eigenvalue weighted by Crippen LogP contribution is 2.20.